The number of esters is 1. The number of Topliss-reactive ketones (excluding diaryl/α,β-unsaturated/α-hetero) is 1. The largest absolute Gasteiger partial charge is 0.462 e. The molecule has 0 spiro atoms. The third-order valence-corrected chi connectivity index (χ3v) is 3.77. The SMILES string of the molecule is [C-]#[N+]c1ccc2c(c1)C(=O)C(C(=O)OCC)=C(c1ccc[nH]1)C2. The molecule has 3 rings (SSSR count). The van der Waals surface area contributed by atoms with Gasteiger partial charge in [-0.15, -0.1) is 0 Å². The van der Waals surface area contributed by atoms with Gasteiger partial charge in [0.05, 0.1) is 13.2 Å². The van der Waals surface area contributed by atoms with E-state index in [0.29, 0.717) is 23.2 Å². The summed E-state index contributed by atoms with van der Waals surface area (Å²) in [5.41, 5.74) is 2.98. The Balaban J connectivity index is 2.17. The molecule has 0 fully saturated rings. The topological polar surface area (TPSA) is 63.5 Å². The molecule has 1 N–H and O–H groups in total. The Kier molecular flexibility index (Phi) is 3.82. The van der Waals surface area contributed by atoms with Crippen LogP contribution in [0, 0.1) is 6.57 Å². The summed E-state index contributed by atoms with van der Waals surface area (Å²) in [4.78, 5) is 31.5. The number of aromatic nitrogens is 1. The molecule has 114 valence electrons. The number of hydrogen-bond donors (Lipinski definition) is 1. The Bertz CT molecular complexity index is 855. The van der Waals surface area contributed by atoms with Gasteiger partial charge >= 0.3 is 5.97 Å². The standard InChI is InChI=1S/C18H14N2O3/c1-3-23-18(22)16-14(15-5-4-8-20-15)9-11-6-7-12(19-2)10-13(11)17(16)21/h4-8,10,20H,3,9H2,1H3. The normalized spacial score (nSPS) is 13.5. The highest BCUT2D eigenvalue weighted by molar-refractivity contribution is 6.30. The summed E-state index contributed by atoms with van der Waals surface area (Å²) in [6.07, 6.45) is 2.18. The Hall–Kier alpha value is -3.13. The third kappa shape index (κ3) is 2.55. The number of ketones is 1. The van der Waals surface area contributed by atoms with Crippen LogP contribution in [0.3, 0.4) is 0 Å². The molecular weight excluding hydrogens is 292 g/mol. The van der Waals surface area contributed by atoms with Crippen LogP contribution in [0.15, 0.2) is 42.1 Å². The Morgan fingerprint density at radius 1 is 1.39 bits per heavy atom. The summed E-state index contributed by atoms with van der Waals surface area (Å²) >= 11 is 0. The number of aromatic amines is 1. The predicted octanol–water partition coefficient (Wildman–Crippen LogP) is 3.32. The minimum Gasteiger partial charge on any atom is -0.462 e. The molecule has 1 aliphatic carbocycles. The number of benzene rings is 1. The Labute approximate surface area is 133 Å². The number of allylic oxidation sites excluding steroid dienone is 1. The number of nitrogens with zero attached hydrogens (tertiary/aromatic N) is 1. The molecule has 5 heteroatoms. The van der Waals surface area contributed by atoms with Crippen molar-refractivity contribution in [3.63, 3.8) is 0 Å². The van der Waals surface area contributed by atoms with Crippen LogP contribution in [0.2, 0.25) is 0 Å². The minimum absolute atomic E-state index is 0.0453. The van der Waals surface area contributed by atoms with Crippen LogP contribution in [0.25, 0.3) is 10.4 Å². The fourth-order valence-corrected chi connectivity index (χ4v) is 2.72. The molecule has 1 aromatic carbocycles. The van der Waals surface area contributed by atoms with Gasteiger partial charge in [0, 0.05) is 23.9 Å². The van der Waals surface area contributed by atoms with Crippen molar-refractivity contribution in [2.45, 2.75) is 13.3 Å². The quantitative estimate of drug-likeness (QED) is 0.537. The van der Waals surface area contributed by atoms with E-state index in [4.69, 9.17) is 11.3 Å². The summed E-state index contributed by atoms with van der Waals surface area (Å²) in [6, 6.07) is 8.62. The number of H-pyrrole nitrogens is 1. The van der Waals surface area contributed by atoms with E-state index < -0.39 is 5.97 Å². The van der Waals surface area contributed by atoms with Crippen LogP contribution < -0.4 is 0 Å². The predicted molar refractivity (Wildman–Crippen MR) is 85.1 cm³/mol. The molecule has 0 amide bonds. The lowest BCUT2D eigenvalue weighted by atomic mass is 9.83. The van der Waals surface area contributed by atoms with Crippen LogP contribution in [0.1, 0.15) is 28.5 Å². The Morgan fingerprint density at radius 3 is 2.87 bits per heavy atom. The summed E-state index contributed by atoms with van der Waals surface area (Å²) < 4.78 is 5.06. The van der Waals surface area contributed by atoms with Gasteiger partial charge < -0.3 is 9.72 Å². The maximum Gasteiger partial charge on any atom is 0.342 e. The van der Waals surface area contributed by atoms with Crippen molar-refractivity contribution in [1.82, 2.24) is 4.98 Å². The number of nitrogens with one attached hydrogen (secondary N) is 1. The van der Waals surface area contributed by atoms with Gasteiger partial charge in [-0.25, -0.2) is 9.64 Å². The van der Waals surface area contributed by atoms with Gasteiger partial charge in [-0.05, 0) is 36.3 Å². The van der Waals surface area contributed by atoms with E-state index in [-0.39, 0.29) is 18.0 Å². The van der Waals surface area contributed by atoms with Crippen molar-refractivity contribution < 1.29 is 14.3 Å². The van der Waals surface area contributed by atoms with Gasteiger partial charge in [0.25, 0.3) is 0 Å². The molecule has 0 atom stereocenters. The number of rotatable bonds is 3. The number of fused-ring (bicyclic) bond motifs is 1. The van der Waals surface area contributed by atoms with Crippen LogP contribution in [0.5, 0.6) is 0 Å². The zero-order valence-electron chi connectivity index (χ0n) is 12.6. The van der Waals surface area contributed by atoms with Crippen LogP contribution in [-0.4, -0.2) is 23.3 Å². The van der Waals surface area contributed by atoms with E-state index >= 15 is 0 Å². The van der Waals surface area contributed by atoms with E-state index in [9.17, 15) is 9.59 Å². The molecule has 23 heavy (non-hydrogen) atoms. The number of hydrogen-bond acceptors (Lipinski definition) is 3. The van der Waals surface area contributed by atoms with Crippen molar-refractivity contribution in [3.8, 4) is 0 Å². The van der Waals surface area contributed by atoms with E-state index in [1.165, 1.54) is 6.07 Å². The molecule has 0 saturated heterocycles. The lowest BCUT2D eigenvalue weighted by Gasteiger charge is -2.21. The van der Waals surface area contributed by atoms with Gasteiger partial charge in [0.15, 0.2) is 11.5 Å². The Morgan fingerprint density at radius 2 is 2.22 bits per heavy atom. The van der Waals surface area contributed by atoms with Crippen molar-refractivity contribution in [2.24, 2.45) is 0 Å². The molecule has 2 aromatic rings. The first kappa shape index (κ1) is 14.8. The van der Waals surface area contributed by atoms with Gasteiger partial charge in [0.2, 0.25) is 0 Å². The third-order valence-electron chi connectivity index (χ3n) is 3.77. The monoisotopic (exact) mass is 306 g/mol. The molecule has 1 aromatic heterocycles. The lowest BCUT2D eigenvalue weighted by molar-refractivity contribution is -0.138. The second-order valence-electron chi connectivity index (χ2n) is 5.12. The van der Waals surface area contributed by atoms with E-state index in [0.717, 1.165) is 11.3 Å². The smallest absolute Gasteiger partial charge is 0.342 e. The van der Waals surface area contributed by atoms with E-state index in [1.54, 1.807) is 25.3 Å². The number of carbonyl (C=O) groups excluding carboxylic acids is 2. The highest BCUT2D eigenvalue weighted by atomic mass is 16.5. The first-order valence-electron chi connectivity index (χ1n) is 7.24. The maximum atomic E-state index is 12.8. The molecule has 0 saturated carbocycles. The zero-order chi connectivity index (χ0) is 16.4. The molecular formula is C18H14N2O3. The van der Waals surface area contributed by atoms with Crippen molar-refractivity contribution in [2.75, 3.05) is 6.61 Å². The van der Waals surface area contributed by atoms with Crippen molar-refractivity contribution in [1.29, 1.82) is 0 Å². The molecule has 1 aliphatic rings. The first-order valence-corrected chi connectivity index (χ1v) is 7.24. The fraction of sp³-hybridized carbons (Fsp3) is 0.167. The van der Waals surface area contributed by atoms with E-state index in [1.807, 2.05) is 12.1 Å². The summed E-state index contributed by atoms with van der Waals surface area (Å²) in [7, 11) is 0. The maximum absolute atomic E-state index is 12.8. The van der Waals surface area contributed by atoms with Crippen LogP contribution in [-0.2, 0) is 16.0 Å². The second-order valence-corrected chi connectivity index (χ2v) is 5.12. The van der Waals surface area contributed by atoms with Gasteiger partial charge in [-0.1, -0.05) is 12.1 Å². The summed E-state index contributed by atoms with van der Waals surface area (Å²) in [5.74, 6) is -1.01. The van der Waals surface area contributed by atoms with Crippen molar-refractivity contribution in [3.05, 3.63) is 70.3 Å². The van der Waals surface area contributed by atoms with Crippen LogP contribution in [0.4, 0.5) is 5.69 Å². The molecule has 5 nitrogen and oxygen atoms in total. The number of carbonyl (C=O) groups is 2. The van der Waals surface area contributed by atoms with Gasteiger partial charge in [-0.2, -0.15) is 0 Å². The second kappa shape index (κ2) is 5.93. The average Bonchev–Trinajstić information content (AvgIpc) is 3.09. The fourth-order valence-electron chi connectivity index (χ4n) is 2.72. The summed E-state index contributed by atoms with van der Waals surface area (Å²) in [5, 5.41) is 0. The first-order chi connectivity index (χ1) is 11.2. The molecule has 0 bridgehead atoms. The molecule has 1 heterocycles. The molecule has 0 radical (unpaired) electrons. The highest BCUT2D eigenvalue weighted by Crippen LogP contribution is 2.34. The summed E-state index contributed by atoms with van der Waals surface area (Å²) in [6.45, 7) is 8.98. The highest BCUT2D eigenvalue weighted by Gasteiger charge is 2.32. The average molecular weight is 306 g/mol. The zero-order valence-corrected chi connectivity index (χ0v) is 12.6. The minimum atomic E-state index is -0.624. The van der Waals surface area contributed by atoms with Gasteiger partial charge in [0.1, 0.15) is 5.57 Å². The van der Waals surface area contributed by atoms with Crippen molar-refractivity contribution >= 4 is 23.0 Å². The molecule has 0 aliphatic heterocycles. The van der Waals surface area contributed by atoms with Gasteiger partial charge in [-0.3, -0.25) is 4.79 Å². The van der Waals surface area contributed by atoms with E-state index in [2.05, 4.69) is 9.83 Å². The lowest BCUT2D eigenvalue weighted by Crippen LogP contribution is -2.23. The number of ether oxygens (including phenoxy) is 1. The molecule has 0 unspecified atom stereocenters. The van der Waals surface area contributed by atoms with Crippen LogP contribution >= 0.6 is 0 Å².